The minimum atomic E-state index is 0.348. The zero-order valence-corrected chi connectivity index (χ0v) is 12.9. The molecule has 0 spiro atoms. The zero-order valence-electron chi connectivity index (χ0n) is 12.1. The number of hydrogen-bond donors (Lipinski definition) is 0. The molecule has 1 aliphatic heterocycles. The highest BCUT2D eigenvalue weighted by Gasteiger charge is 2.10. The minimum Gasteiger partial charge on any atom is -0.491 e. The SMILES string of the molecule is Cc1ccc(OCCN2CCCCC2)c(C#CCCl)c1. The van der Waals surface area contributed by atoms with E-state index in [1.165, 1.54) is 37.9 Å². The Kier molecular flexibility index (Phi) is 6.24. The Morgan fingerprint density at radius 1 is 1.25 bits per heavy atom. The molecule has 0 bridgehead atoms. The molecule has 2 rings (SSSR count). The van der Waals surface area contributed by atoms with Crippen LogP contribution in [0.5, 0.6) is 5.75 Å². The molecule has 0 radical (unpaired) electrons. The van der Waals surface area contributed by atoms with E-state index >= 15 is 0 Å². The van der Waals surface area contributed by atoms with Gasteiger partial charge in [0.1, 0.15) is 12.4 Å². The van der Waals surface area contributed by atoms with E-state index in [0.717, 1.165) is 24.5 Å². The van der Waals surface area contributed by atoms with E-state index in [1.807, 2.05) is 6.07 Å². The molecule has 0 aliphatic carbocycles. The van der Waals surface area contributed by atoms with Gasteiger partial charge in [-0.05, 0) is 50.6 Å². The number of alkyl halides is 1. The second kappa shape index (κ2) is 8.19. The Bertz CT molecular complexity index is 483. The van der Waals surface area contributed by atoms with Crippen LogP contribution in [-0.2, 0) is 0 Å². The van der Waals surface area contributed by atoms with Crippen LogP contribution in [0.3, 0.4) is 0 Å². The molecule has 20 heavy (non-hydrogen) atoms. The lowest BCUT2D eigenvalue weighted by atomic mass is 10.1. The summed E-state index contributed by atoms with van der Waals surface area (Å²) in [5, 5.41) is 0. The van der Waals surface area contributed by atoms with Crippen molar-refractivity contribution in [2.75, 3.05) is 32.1 Å². The summed E-state index contributed by atoms with van der Waals surface area (Å²) in [5.41, 5.74) is 2.12. The van der Waals surface area contributed by atoms with Gasteiger partial charge in [-0.2, -0.15) is 0 Å². The van der Waals surface area contributed by atoms with Crippen molar-refractivity contribution in [2.45, 2.75) is 26.2 Å². The van der Waals surface area contributed by atoms with Gasteiger partial charge in [-0.15, -0.1) is 11.6 Å². The molecule has 0 atom stereocenters. The van der Waals surface area contributed by atoms with Crippen LogP contribution in [0.15, 0.2) is 18.2 Å². The predicted octanol–water partition coefficient (Wildman–Crippen LogP) is 3.45. The maximum absolute atomic E-state index is 5.90. The van der Waals surface area contributed by atoms with Crippen molar-refractivity contribution in [1.82, 2.24) is 4.90 Å². The van der Waals surface area contributed by atoms with Gasteiger partial charge in [0.2, 0.25) is 0 Å². The molecule has 1 saturated heterocycles. The van der Waals surface area contributed by atoms with Gasteiger partial charge in [-0.3, -0.25) is 4.90 Å². The summed E-state index contributed by atoms with van der Waals surface area (Å²) in [6.07, 6.45) is 4.00. The largest absolute Gasteiger partial charge is 0.491 e. The molecular weight excluding hydrogens is 270 g/mol. The molecule has 2 nitrogen and oxygen atoms in total. The summed E-state index contributed by atoms with van der Waals surface area (Å²) < 4.78 is 5.90. The van der Waals surface area contributed by atoms with Crippen LogP contribution in [-0.4, -0.2) is 37.0 Å². The lowest BCUT2D eigenvalue weighted by Gasteiger charge is -2.26. The van der Waals surface area contributed by atoms with Crippen LogP contribution < -0.4 is 4.74 Å². The second-order valence-corrected chi connectivity index (χ2v) is 5.45. The first kappa shape index (κ1) is 15.2. The zero-order chi connectivity index (χ0) is 14.2. The maximum Gasteiger partial charge on any atom is 0.134 e. The standard InChI is InChI=1S/C17H22ClNO/c1-15-7-8-17(16(14-15)6-5-9-18)20-13-12-19-10-3-2-4-11-19/h7-8,14H,2-4,9-13H2,1H3. The molecule has 0 saturated carbocycles. The van der Waals surface area contributed by atoms with Crippen molar-refractivity contribution < 1.29 is 4.74 Å². The van der Waals surface area contributed by atoms with Crippen molar-refractivity contribution in [1.29, 1.82) is 0 Å². The average Bonchev–Trinajstić information content (AvgIpc) is 2.48. The van der Waals surface area contributed by atoms with Crippen LogP contribution in [0.1, 0.15) is 30.4 Å². The van der Waals surface area contributed by atoms with E-state index in [0.29, 0.717) is 5.88 Å². The first-order valence-electron chi connectivity index (χ1n) is 7.30. The highest BCUT2D eigenvalue weighted by Crippen LogP contribution is 2.19. The second-order valence-electron chi connectivity index (χ2n) is 5.19. The molecule has 1 aromatic rings. The van der Waals surface area contributed by atoms with Crippen LogP contribution in [0.2, 0.25) is 0 Å². The molecule has 1 heterocycles. The van der Waals surface area contributed by atoms with Gasteiger partial charge in [0.25, 0.3) is 0 Å². The number of hydrogen-bond acceptors (Lipinski definition) is 2. The number of halogens is 1. The quantitative estimate of drug-likeness (QED) is 0.622. The van der Waals surface area contributed by atoms with Gasteiger partial charge in [-0.25, -0.2) is 0 Å². The van der Waals surface area contributed by atoms with Gasteiger partial charge in [0.05, 0.1) is 11.4 Å². The molecule has 1 aromatic carbocycles. The number of aryl methyl sites for hydroxylation is 1. The third-order valence-electron chi connectivity index (χ3n) is 3.54. The molecule has 0 aromatic heterocycles. The highest BCUT2D eigenvalue weighted by atomic mass is 35.5. The number of rotatable bonds is 4. The Morgan fingerprint density at radius 3 is 2.80 bits per heavy atom. The highest BCUT2D eigenvalue weighted by molar-refractivity contribution is 6.19. The van der Waals surface area contributed by atoms with Crippen LogP contribution >= 0.6 is 11.6 Å². The molecular formula is C17H22ClNO. The summed E-state index contributed by atoms with van der Waals surface area (Å²) in [5.74, 6) is 7.18. The third-order valence-corrected chi connectivity index (χ3v) is 3.67. The predicted molar refractivity (Wildman–Crippen MR) is 84.6 cm³/mol. The van der Waals surface area contributed by atoms with E-state index in [9.17, 15) is 0 Å². The Balaban J connectivity index is 1.91. The van der Waals surface area contributed by atoms with E-state index in [2.05, 4.69) is 35.8 Å². The summed E-state index contributed by atoms with van der Waals surface area (Å²) in [4.78, 5) is 2.47. The molecule has 1 fully saturated rings. The molecule has 0 unspecified atom stereocenters. The molecule has 3 heteroatoms. The normalized spacial score (nSPS) is 15.5. The van der Waals surface area contributed by atoms with Crippen LogP contribution in [0, 0.1) is 18.8 Å². The molecule has 1 aliphatic rings. The van der Waals surface area contributed by atoms with Crippen molar-refractivity contribution in [2.24, 2.45) is 0 Å². The van der Waals surface area contributed by atoms with E-state index in [-0.39, 0.29) is 0 Å². The molecule has 0 N–H and O–H groups in total. The smallest absolute Gasteiger partial charge is 0.134 e. The van der Waals surface area contributed by atoms with E-state index < -0.39 is 0 Å². The van der Waals surface area contributed by atoms with Gasteiger partial charge >= 0.3 is 0 Å². The van der Waals surface area contributed by atoms with Crippen LogP contribution in [0.25, 0.3) is 0 Å². The lowest BCUT2D eigenvalue weighted by Crippen LogP contribution is -2.33. The number of piperidine rings is 1. The fourth-order valence-electron chi connectivity index (χ4n) is 2.46. The summed E-state index contributed by atoms with van der Waals surface area (Å²) >= 11 is 5.63. The van der Waals surface area contributed by atoms with Gasteiger partial charge in [-0.1, -0.05) is 24.3 Å². The van der Waals surface area contributed by atoms with Crippen LogP contribution in [0.4, 0.5) is 0 Å². The number of likely N-dealkylation sites (tertiary alicyclic amines) is 1. The van der Waals surface area contributed by atoms with Crippen molar-refractivity contribution >= 4 is 11.6 Å². The summed E-state index contributed by atoms with van der Waals surface area (Å²) in [6, 6.07) is 6.11. The first-order chi connectivity index (χ1) is 9.79. The van der Waals surface area contributed by atoms with Crippen molar-refractivity contribution in [3.8, 4) is 17.6 Å². The minimum absolute atomic E-state index is 0.348. The van der Waals surface area contributed by atoms with Crippen molar-refractivity contribution in [3.05, 3.63) is 29.3 Å². The monoisotopic (exact) mass is 291 g/mol. The molecule has 0 amide bonds. The summed E-state index contributed by atoms with van der Waals surface area (Å²) in [7, 11) is 0. The number of benzene rings is 1. The maximum atomic E-state index is 5.90. The first-order valence-corrected chi connectivity index (χ1v) is 7.83. The van der Waals surface area contributed by atoms with E-state index in [4.69, 9.17) is 16.3 Å². The third kappa shape index (κ3) is 4.74. The van der Waals surface area contributed by atoms with E-state index in [1.54, 1.807) is 0 Å². The fraction of sp³-hybridized carbons (Fsp3) is 0.529. The van der Waals surface area contributed by atoms with Gasteiger partial charge in [0.15, 0.2) is 0 Å². The number of nitrogens with zero attached hydrogens (tertiary/aromatic N) is 1. The number of ether oxygens (including phenoxy) is 1. The fourth-order valence-corrected chi connectivity index (χ4v) is 2.53. The van der Waals surface area contributed by atoms with Gasteiger partial charge < -0.3 is 4.74 Å². The Morgan fingerprint density at radius 2 is 2.05 bits per heavy atom. The lowest BCUT2D eigenvalue weighted by molar-refractivity contribution is 0.183. The van der Waals surface area contributed by atoms with Gasteiger partial charge in [0, 0.05) is 6.54 Å². The Hall–Kier alpha value is -1.17. The average molecular weight is 292 g/mol. The Labute approximate surface area is 127 Å². The summed E-state index contributed by atoms with van der Waals surface area (Å²) in [6.45, 7) is 6.19. The topological polar surface area (TPSA) is 12.5 Å². The molecule has 108 valence electrons. The van der Waals surface area contributed by atoms with Crippen molar-refractivity contribution in [3.63, 3.8) is 0 Å².